The van der Waals surface area contributed by atoms with Gasteiger partial charge in [0.05, 0.1) is 19.3 Å². The van der Waals surface area contributed by atoms with E-state index in [1.165, 1.54) is 0 Å². The number of hydrogen-bond donors (Lipinski definition) is 1. The van der Waals surface area contributed by atoms with E-state index in [0.29, 0.717) is 6.01 Å². The van der Waals surface area contributed by atoms with Gasteiger partial charge in [0.1, 0.15) is 11.3 Å². The Bertz CT molecular complexity index is 813. The van der Waals surface area contributed by atoms with Gasteiger partial charge in [0.2, 0.25) is 0 Å². The van der Waals surface area contributed by atoms with Crippen molar-refractivity contribution < 1.29 is 9.15 Å². The first kappa shape index (κ1) is 15.1. The average Bonchev–Trinajstić information content (AvgIpc) is 2.98. The molecule has 23 heavy (non-hydrogen) atoms. The summed E-state index contributed by atoms with van der Waals surface area (Å²) in [5, 5.41) is 3.46. The molecule has 0 aliphatic carbocycles. The molecule has 0 saturated carbocycles. The number of hydrogen-bond acceptors (Lipinski definition) is 6. The summed E-state index contributed by atoms with van der Waals surface area (Å²) in [7, 11) is 5.46. The third kappa shape index (κ3) is 3.06. The van der Waals surface area contributed by atoms with Crippen LogP contribution in [0.15, 0.2) is 41.1 Å². The molecular weight excluding hydrogens is 292 g/mol. The average molecular weight is 312 g/mol. The summed E-state index contributed by atoms with van der Waals surface area (Å²) in [5.41, 5.74) is 3.63. The lowest BCUT2D eigenvalue weighted by atomic mass is 10.1. The number of fused-ring (bicyclic) bond motifs is 1. The molecule has 1 aromatic carbocycles. The van der Waals surface area contributed by atoms with Crippen LogP contribution in [0.3, 0.4) is 0 Å². The lowest BCUT2D eigenvalue weighted by Crippen LogP contribution is -2.08. The molecule has 0 aliphatic rings. The number of methoxy groups -OCH3 is 1. The van der Waals surface area contributed by atoms with Crippen molar-refractivity contribution >= 4 is 22.8 Å². The Morgan fingerprint density at radius 2 is 2.09 bits per heavy atom. The lowest BCUT2D eigenvalue weighted by molar-refractivity contribution is 0.406. The van der Waals surface area contributed by atoms with E-state index in [1.807, 2.05) is 43.3 Å². The Morgan fingerprint density at radius 1 is 1.26 bits per heavy atom. The van der Waals surface area contributed by atoms with E-state index in [4.69, 9.17) is 9.15 Å². The monoisotopic (exact) mass is 312 g/mol. The predicted molar refractivity (Wildman–Crippen MR) is 91.2 cm³/mol. The van der Waals surface area contributed by atoms with Gasteiger partial charge >= 0.3 is 0 Å². The lowest BCUT2D eigenvalue weighted by Gasteiger charge is -2.17. The summed E-state index contributed by atoms with van der Waals surface area (Å²) >= 11 is 0. The maximum absolute atomic E-state index is 5.67. The SMILES string of the molecule is COc1cnccc1C(C)Nc1ccc2oc(N(C)C)nc2c1. The van der Waals surface area contributed by atoms with Gasteiger partial charge in [-0.2, -0.15) is 4.98 Å². The molecule has 3 aromatic rings. The third-order valence-electron chi connectivity index (χ3n) is 3.64. The Labute approximate surface area is 135 Å². The second-order valence-corrected chi connectivity index (χ2v) is 5.56. The number of benzene rings is 1. The fourth-order valence-electron chi connectivity index (χ4n) is 2.44. The van der Waals surface area contributed by atoms with E-state index in [9.17, 15) is 0 Å². The van der Waals surface area contributed by atoms with Gasteiger partial charge in [-0.1, -0.05) is 0 Å². The van der Waals surface area contributed by atoms with Crippen LogP contribution in [0.2, 0.25) is 0 Å². The van der Waals surface area contributed by atoms with E-state index >= 15 is 0 Å². The van der Waals surface area contributed by atoms with Gasteiger partial charge in [-0.15, -0.1) is 0 Å². The molecule has 1 atom stereocenters. The van der Waals surface area contributed by atoms with Crippen LogP contribution < -0.4 is 15.0 Å². The number of anilines is 2. The number of nitrogens with one attached hydrogen (secondary N) is 1. The molecule has 0 radical (unpaired) electrons. The highest BCUT2D eigenvalue weighted by Gasteiger charge is 2.13. The Morgan fingerprint density at radius 3 is 2.83 bits per heavy atom. The third-order valence-corrected chi connectivity index (χ3v) is 3.64. The molecule has 0 saturated heterocycles. The Hall–Kier alpha value is -2.76. The molecule has 1 unspecified atom stereocenters. The minimum Gasteiger partial charge on any atom is -0.495 e. The van der Waals surface area contributed by atoms with Gasteiger partial charge in [-0.25, -0.2) is 0 Å². The number of ether oxygens (including phenoxy) is 1. The second kappa shape index (κ2) is 6.16. The van der Waals surface area contributed by atoms with E-state index in [-0.39, 0.29) is 6.04 Å². The molecular formula is C17H20N4O2. The zero-order chi connectivity index (χ0) is 16.4. The van der Waals surface area contributed by atoms with Crippen LogP contribution in [0.25, 0.3) is 11.1 Å². The minimum atomic E-state index is 0.0746. The van der Waals surface area contributed by atoms with Crippen molar-refractivity contribution in [3.63, 3.8) is 0 Å². The number of rotatable bonds is 5. The number of nitrogens with zero attached hydrogens (tertiary/aromatic N) is 3. The Balaban J connectivity index is 1.86. The van der Waals surface area contributed by atoms with Crippen LogP contribution >= 0.6 is 0 Å². The summed E-state index contributed by atoms with van der Waals surface area (Å²) in [5.74, 6) is 0.768. The van der Waals surface area contributed by atoms with E-state index in [0.717, 1.165) is 28.1 Å². The first-order valence-electron chi connectivity index (χ1n) is 7.41. The van der Waals surface area contributed by atoms with Crippen LogP contribution in [-0.2, 0) is 0 Å². The zero-order valence-corrected chi connectivity index (χ0v) is 13.7. The maximum atomic E-state index is 5.67. The maximum Gasteiger partial charge on any atom is 0.297 e. The van der Waals surface area contributed by atoms with Crippen molar-refractivity contribution in [1.29, 1.82) is 0 Å². The highest BCUT2D eigenvalue weighted by Crippen LogP contribution is 2.29. The molecule has 2 aromatic heterocycles. The largest absolute Gasteiger partial charge is 0.495 e. The molecule has 6 heteroatoms. The summed E-state index contributed by atoms with van der Waals surface area (Å²) in [4.78, 5) is 10.4. The second-order valence-electron chi connectivity index (χ2n) is 5.56. The Kier molecular flexibility index (Phi) is 4.06. The molecule has 0 amide bonds. The molecule has 0 spiro atoms. The molecule has 0 fully saturated rings. The van der Waals surface area contributed by atoms with E-state index in [1.54, 1.807) is 19.5 Å². The van der Waals surface area contributed by atoms with Crippen LogP contribution in [-0.4, -0.2) is 31.2 Å². The van der Waals surface area contributed by atoms with Crippen LogP contribution in [0.4, 0.5) is 11.7 Å². The van der Waals surface area contributed by atoms with Crippen molar-refractivity contribution in [2.45, 2.75) is 13.0 Å². The smallest absolute Gasteiger partial charge is 0.297 e. The standard InChI is InChI=1S/C17H20N4O2/c1-11(13-7-8-18-10-16(13)22-4)19-12-5-6-15-14(9-12)20-17(23-15)21(2)3/h5-11,19H,1-4H3. The van der Waals surface area contributed by atoms with Gasteiger partial charge in [-0.05, 0) is 31.2 Å². The minimum absolute atomic E-state index is 0.0746. The van der Waals surface area contributed by atoms with E-state index < -0.39 is 0 Å². The fraction of sp³-hybridized carbons (Fsp3) is 0.294. The first-order valence-corrected chi connectivity index (χ1v) is 7.41. The fourth-order valence-corrected chi connectivity index (χ4v) is 2.44. The predicted octanol–water partition coefficient (Wildman–Crippen LogP) is 3.47. The van der Waals surface area contributed by atoms with Gasteiger partial charge in [-0.3, -0.25) is 4.98 Å². The molecule has 2 heterocycles. The van der Waals surface area contributed by atoms with Crippen LogP contribution in [0.1, 0.15) is 18.5 Å². The summed E-state index contributed by atoms with van der Waals surface area (Å²) < 4.78 is 11.0. The normalized spacial score (nSPS) is 12.2. The topological polar surface area (TPSA) is 63.4 Å². The van der Waals surface area contributed by atoms with Gasteiger partial charge in [0.15, 0.2) is 5.58 Å². The summed E-state index contributed by atoms with van der Waals surface area (Å²) in [6, 6.07) is 8.52. The van der Waals surface area contributed by atoms with Crippen LogP contribution in [0, 0.1) is 0 Å². The van der Waals surface area contributed by atoms with Crippen molar-refractivity contribution in [2.75, 3.05) is 31.4 Å². The molecule has 0 aliphatic heterocycles. The van der Waals surface area contributed by atoms with E-state index in [2.05, 4.69) is 22.2 Å². The molecule has 0 bridgehead atoms. The summed E-state index contributed by atoms with van der Waals surface area (Å²) in [6.45, 7) is 2.08. The van der Waals surface area contributed by atoms with Gasteiger partial charge in [0.25, 0.3) is 6.01 Å². The number of aromatic nitrogens is 2. The van der Waals surface area contributed by atoms with Crippen LogP contribution in [0.5, 0.6) is 5.75 Å². The first-order chi connectivity index (χ1) is 11.1. The quantitative estimate of drug-likeness (QED) is 0.778. The van der Waals surface area contributed by atoms with Crippen molar-refractivity contribution in [2.24, 2.45) is 0 Å². The molecule has 120 valence electrons. The molecule has 3 rings (SSSR count). The van der Waals surface area contributed by atoms with Crippen molar-refractivity contribution in [3.05, 3.63) is 42.2 Å². The molecule has 1 N–H and O–H groups in total. The highest BCUT2D eigenvalue weighted by atomic mass is 16.5. The molecule has 6 nitrogen and oxygen atoms in total. The van der Waals surface area contributed by atoms with Gasteiger partial charge in [0, 0.05) is 31.5 Å². The van der Waals surface area contributed by atoms with Crippen molar-refractivity contribution in [1.82, 2.24) is 9.97 Å². The summed E-state index contributed by atoms with van der Waals surface area (Å²) in [6.07, 6.45) is 3.48. The number of oxazole rings is 1. The number of pyridine rings is 1. The van der Waals surface area contributed by atoms with Gasteiger partial charge < -0.3 is 19.4 Å². The zero-order valence-electron chi connectivity index (χ0n) is 13.7. The highest BCUT2D eigenvalue weighted by molar-refractivity contribution is 5.79. The van der Waals surface area contributed by atoms with Crippen molar-refractivity contribution in [3.8, 4) is 5.75 Å².